The first-order valence-electron chi connectivity index (χ1n) is 9.30. The van der Waals surface area contributed by atoms with Gasteiger partial charge in [-0.25, -0.2) is 0 Å². The fourth-order valence-corrected chi connectivity index (χ4v) is 6.52. The van der Waals surface area contributed by atoms with Gasteiger partial charge in [-0.15, -0.1) is 0 Å². The highest BCUT2D eigenvalue weighted by Gasteiger charge is 2.52. The highest BCUT2D eigenvalue weighted by Crippen LogP contribution is 2.63. The van der Waals surface area contributed by atoms with Crippen LogP contribution in [0.1, 0.15) is 64.7 Å². The summed E-state index contributed by atoms with van der Waals surface area (Å²) in [4.78, 5) is 0. The van der Waals surface area contributed by atoms with Crippen LogP contribution in [0, 0.1) is 17.3 Å². The topological polar surface area (TPSA) is 0 Å². The number of halogens is 2. The molecule has 0 saturated heterocycles. The van der Waals surface area contributed by atoms with Crippen LogP contribution in [0.2, 0.25) is 0 Å². The lowest BCUT2D eigenvalue weighted by atomic mass is 9.50. The molecule has 4 aliphatic carbocycles. The molecule has 4 rings (SSSR count). The van der Waals surface area contributed by atoms with E-state index in [0.717, 1.165) is 22.9 Å². The summed E-state index contributed by atoms with van der Waals surface area (Å²) in [5.74, 6) is 1.31. The Hall–Kier alpha value is -0.460. The van der Waals surface area contributed by atoms with E-state index in [1.807, 2.05) is 0 Å². The largest absolute Gasteiger partial charge is 0.0844 e. The van der Waals surface area contributed by atoms with Crippen LogP contribution in [-0.4, -0.2) is 0 Å². The van der Waals surface area contributed by atoms with Crippen molar-refractivity contribution < 1.29 is 0 Å². The van der Waals surface area contributed by atoms with E-state index < -0.39 is 0 Å². The molecule has 0 heterocycles. The van der Waals surface area contributed by atoms with Crippen LogP contribution in [0.5, 0.6) is 0 Å². The van der Waals surface area contributed by atoms with Crippen molar-refractivity contribution in [3.8, 4) is 0 Å². The van der Waals surface area contributed by atoms with Crippen molar-refractivity contribution in [3.05, 3.63) is 45.0 Å². The predicted octanol–water partition coefficient (Wildman–Crippen LogP) is 7.26. The van der Waals surface area contributed by atoms with Gasteiger partial charge in [-0.05, 0) is 79.4 Å². The quantitative estimate of drug-likeness (QED) is 0.432. The molecular formula is C21H26Cl2. The van der Waals surface area contributed by atoms with Gasteiger partial charge in [-0.1, -0.05) is 60.7 Å². The zero-order chi connectivity index (χ0) is 16.0. The number of hydrogen-bond acceptors (Lipinski definition) is 0. The van der Waals surface area contributed by atoms with E-state index in [4.69, 9.17) is 23.2 Å². The lowest BCUT2D eigenvalue weighted by Crippen LogP contribution is -2.45. The average molecular weight is 349 g/mol. The molecule has 1 spiro atoms. The standard InChI is InChI=1S/C21H26Cl2/c1-2-14-9-10-18-16(20(14)23)13-15-17(7-6-8-19(15)22)21(18)11-4-3-5-12-21/h2,8,13,17-18H,3-7,9-12H2,1H3/b14-2+. The maximum absolute atomic E-state index is 6.84. The van der Waals surface area contributed by atoms with E-state index in [2.05, 4.69) is 25.2 Å². The third-order valence-corrected chi connectivity index (χ3v) is 7.71. The second-order valence-corrected chi connectivity index (χ2v) is 8.54. The maximum atomic E-state index is 6.84. The van der Waals surface area contributed by atoms with Gasteiger partial charge in [0.15, 0.2) is 0 Å². The molecule has 0 N–H and O–H groups in total. The molecule has 0 radical (unpaired) electrons. The maximum Gasteiger partial charge on any atom is 0.0469 e. The van der Waals surface area contributed by atoms with Crippen LogP contribution >= 0.6 is 23.2 Å². The zero-order valence-corrected chi connectivity index (χ0v) is 15.5. The summed E-state index contributed by atoms with van der Waals surface area (Å²) in [6.45, 7) is 2.11. The summed E-state index contributed by atoms with van der Waals surface area (Å²) in [7, 11) is 0. The minimum Gasteiger partial charge on any atom is -0.0844 e. The van der Waals surface area contributed by atoms with E-state index in [1.165, 1.54) is 61.7 Å². The molecule has 1 saturated carbocycles. The van der Waals surface area contributed by atoms with E-state index in [1.54, 1.807) is 0 Å². The molecule has 0 nitrogen and oxygen atoms in total. The van der Waals surface area contributed by atoms with Gasteiger partial charge in [0.2, 0.25) is 0 Å². The van der Waals surface area contributed by atoms with Crippen LogP contribution < -0.4 is 0 Å². The van der Waals surface area contributed by atoms with E-state index in [-0.39, 0.29) is 0 Å². The van der Waals surface area contributed by atoms with Crippen molar-refractivity contribution in [1.29, 1.82) is 0 Å². The minimum absolute atomic E-state index is 0.422. The molecule has 23 heavy (non-hydrogen) atoms. The summed E-state index contributed by atoms with van der Waals surface area (Å²) in [5.41, 5.74) is 4.54. The van der Waals surface area contributed by atoms with Crippen LogP contribution in [0.25, 0.3) is 0 Å². The van der Waals surface area contributed by atoms with Crippen molar-refractivity contribution in [2.24, 2.45) is 17.3 Å². The Kier molecular flexibility index (Phi) is 4.26. The van der Waals surface area contributed by atoms with Crippen LogP contribution in [0.15, 0.2) is 45.0 Å². The molecule has 0 aromatic rings. The molecule has 0 amide bonds. The molecule has 0 bridgehead atoms. The van der Waals surface area contributed by atoms with Gasteiger partial charge in [-0.3, -0.25) is 0 Å². The summed E-state index contributed by atoms with van der Waals surface area (Å²) >= 11 is 13.5. The van der Waals surface area contributed by atoms with Crippen molar-refractivity contribution in [2.45, 2.75) is 64.7 Å². The third-order valence-electron chi connectivity index (χ3n) is 6.88. The van der Waals surface area contributed by atoms with Crippen LogP contribution in [0.3, 0.4) is 0 Å². The first kappa shape index (κ1) is 16.0. The SMILES string of the molecule is C/C=C1\CCC2C(=C1Cl)C=C1C(Cl)=CCCC1C21CCCCC1. The van der Waals surface area contributed by atoms with Gasteiger partial charge in [0.05, 0.1) is 0 Å². The number of rotatable bonds is 0. The average Bonchev–Trinajstić information content (AvgIpc) is 2.58. The number of fused-ring (bicyclic) bond motifs is 4. The Bertz CT molecular complexity index is 626. The smallest absolute Gasteiger partial charge is 0.0469 e. The Balaban J connectivity index is 1.91. The van der Waals surface area contributed by atoms with Crippen LogP contribution in [0.4, 0.5) is 0 Å². The highest BCUT2D eigenvalue weighted by atomic mass is 35.5. The lowest BCUT2D eigenvalue weighted by molar-refractivity contribution is 0.0430. The predicted molar refractivity (Wildman–Crippen MR) is 99.6 cm³/mol. The molecule has 2 atom stereocenters. The normalized spacial score (nSPS) is 34.8. The van der Waals surface area contributed by atoms with E-state index in [9.17, 15) is 0 Å². The molecule has 0 aromatic heterocycles. The second-order valence-electron chi connectivity index (χ2n) is 7.75. The first-order valence-corrected chi connectivity index (χ1v) is 10.1. The summed E-state index contributed by atoms with van der Waals surface area (Å²) in [5, 5.41) is 2.02. The molecule has 1 fully saturated rings. The summed E-state index contributed by atoms with van der Waals surface area (Å²) in [6, 6.07) is 0. The summed E-state index contributed by atoms with van der Waals surface area (Å²) < 4.78 is 0. The van der Waals surface area contributed by atoms with Gasteiger partial charge >= 0.3 is 0 Å². The summed E-state index contributed by atoms with van der Waals surface area (Å²) in [6.07, 6.45) is 18.5. The van der Waals surface area contributed by atoms with Crippen molar-refractivity contribution >= 4 is 23.2 Å². The van der Waals surface area contributed by atoms with Gasteiger partial charge in [0.25, 0.3) is 0 Å². The Morgan fingerprint density at radius 1 is 1.09 bits per heavy atom. The zero-order valence-electron chi connectivity index (χ0n) is 14.0. The Labute approximate surface area is 150 Å². The van der Waals surface area contributed by atoms with Crippen molar-refractivity contribution in [3.63, 3.8) is 0 Å². The highest BCUT2D eigenvalue weighted by molar-refractivity contribution is 6.33. The molecular weight excluding hydrogens is 323 g/mol. The van der Waals surface area contributed by atoms with Crippen LogP contribution in [-0.2, 0) is 0 Å². The van der Waals surface area contributed by atoms with Gasteiger partial charge in [0, 0.05) is 10.1 Å². The minimum atomic E-state index is 0.422. The van der Waals surface area contributed by atoms with E-state index >= 15 is 0 Å². The van der Waals surface area contributed by atoms with E-state index in [0.29, 0.717) is 17.3 Å². The molecule has 4 aliphatic rings. The second kappa shape index (κ2) is 6.12. The Morgan fingerprint density at radius 3 is 2.61 bits per heavy atom. The van der Waals surface area contributed by atoms with Gasteiger partial charge < -0.3 is 0 Å². The fourth-order valence-electron chi connectivity index (χ4n) is 5.84. The number of allylic oxidation sites excluding steroid dienone is 8. The molecule has 0 aromatic carbocycles. The lowest BCUT2D eigenvalue weighted by Gasteiger charge is -2.55. The van der Waals surface area contributed by atoms with Crippen molar-refractivity contribution in [1.82, 2.24) is 0 Å². The molecule has 2 heteroatoms. The molecule has 124 valence electrons. The monoisotopic (exact) mass is 348 g/mol. The van der Waals surface area contributed by atoms with Gasteiger partial charge in [-0.2, -0.15) is 0 Å². The molecule has 0 aliphatic heterocycles. The Morgan fingerprint density at radius 2 is 1.87 bits per heavy atom. The molecule has 2 unspecified atom stereocenters. The number of hydrogen-bond donors (Lipinski definition) is 0. The third kappa shape index (κ3) is 2.40. The van der Waals surface area contributed by atoms with Crippen molar-refractivity contribution in [2.75, 3.05) is 0 Å². The first-order chi connectivity index (χ1) is 11.2. The van der Waals surface area contributed by atoms with Gasteiger partial charge in [0.1, 0.15) is 0 Å². The fraction of sp³-hybridized carbons (Fsp3) is 0.619.